The summed E-state index contributed by atoms with van der Waals surface area (Å²) in [5.74, 6) is 3.01. The first kappa shape index (κ1) is 26.6. The molecule has 33 heavy (non-hydrogen) atoms. The van der Waals surface area contributed by atoms with Crippen molar-refractivity contribution in [3.05, 3.63) is 29.8 Å². The molecule has 0 aliphatic heterocycles. The summed E-state index contributed by atoms with van der Waals surface area (Å²) < 4.78 is 34.3. The number of hydrogen-bond donors (Lipinski definition) is 0. The van der Waals surface area contributed by atoms with Gasteiger partial charge in [-0.3, -0.25) is 4.79 Å². The Morgan fingerprint density at radius 3 is 1.42 bits per heavy atom. The largest absolute Gasteiger partial charge is 0.496 e. The summed E-state index contributed by atoms with van der Waals surface area (Å²) >= 11 is 0. The van der Waals surface area contributed by atoms with E-state index in [1.165, 1.54) is 14.2 Å². The molecule has 0 heterocycles. The molecule has 2 aromatic rings. The van der Waals surface area contributed by atoms with Crippen molar-refractivity contribution in [3.63, 3.8) is 0 Å². The average Bonchev–Trinajstić information content (AvgIpc) is 2.73. The van der Waals surface area contributed by atoms with E-state index in [1.54, 1.807) is 19.2 Å². The normalized spacial score (nSPS) is 11.4. The lowest BCUT2D eigenvalue weighted by atomic mass is 10.2. The SMILES string of the molecule is COc1cc(OC)c(C(=O)Pc2c(OC(C)C)cc(OC(C)C)cc2OC(C)C)c(OC)c1. The van der Waals surface area contributed by atoms with Crippen LogP contribution in [0.4, 0.5) is 0 Å². The van der Waals surface area contributed by atoms with Crippen molar-refractivity contribution in [3.8, 4) is 34.5 Å². The van der Waals surface area contributed by atoms with Gasteiger partial charge in [0.2, 0.25) is 0 Å². The zero-order valence-corrected chi connectivity index (χ0v) is 21.9. The van der Waals surface area contributed by atoms with Crippen molar-refractivity contribution in [1.82, 2.24) is 0 Å². The van der Waals surface area contributed by atoms with Gasteiger partial charge in [-0.15, -0.1) is 0 Å². The number of carbonyl (C=O) groups is 1. The predicted octanol–water partition coefficient (Wildman–Crippen LogP) is 5.22. The fourth-order valence-electron chi connectivity index (χ4n) is 3.13. The molecule has 1 unspecified atom stereocenters. The van der Waals surface area contributed by atoms with Crippen molar-refractivity contribution in [2.45, 2.75) is 59.9 Å². The summed E-state index contributed by atoms with van der Waals surface area (Å²) in [6.07, 6.45) is -0.226. The quantitative estimate of drug-likeness (QED) is 0.388. The highest BCUT2D eigenvalue weighted by atomic mass is 31.1. The van der Waals surface area contributed by atoms with Gasteiger partial charge in [0.15, 0.2) is 5.52 Å². The van der Waals surface area contributed by atoms with E-state index in [2.05, 4.69) is 0 Å². The fourth-order valence-corrected chi connectivity index (χ4v) is 4.24. The van der Waals surface area contributed by atoms with Crippen LogP contribution in [-0.4, -0.2) is 45.2 Å². The molecule has 0 N–H and O–H groups in total. The Bertz CT molecular complexity index is 898. The van der Waals surface area contributed by atoms with E-state index in [-0.39, 0.29) is 32.4 Å². The third-order valence-electron chi connectivity index (χ3n) is 4.32. The Hall–Kier alpha value is -2.66. The van der Waals surface area contributed by atoms with E-state index in [0.29, 0.717) is 45.4 Å². The first-order valence-electron chi connectivity index (χ1n) is 10.9. The van der Waals surface area contributed by atoms with Gasteiger partial charge in [0.25, 0.3) is 0 Å². The van der Waals surface area contributed by atoms with Crippen molar-refractivity contribution in [1.29, 1.82) is 0 Å². The van der Waals surface area contributed by atoms with Crippen LogP contribution in [0, 0.1) is 0 Å². The molecule has 0 saturated heterocycles. The zero-order chi connectivity index (χ0) is 24.7. The molecule has 7 nitrogen and oxygen atoms in total. The predicted molar refractivity (Wildman–Crippen MR) is 132 cm³/mol. The van der Waals surface area contributed by atoms with Gasteiger partial charge >= 0.3 is 0 Å². The molecule has 0 spiro atoms. The number of hydrogen-bond acceptors (Lipinski definition) is 7. The third-order valence-corrected chi connectivity index (χ3v) is 5.54. The highest BCUT2D eigenvalue weighted by Crippen LogP contribution is 2.41. The second-order valence-corrected chi connectivity index (χ2v) is 9.36. The van der Waals surface area contributed by atoms with Gasteiger partial charge in [-0.05, 0) is 50.1 Å². The summed E-state index contributed by atoms with van der Waals surface area (Å²) in [6, 6.07) is 6.95. The topological polar surface area (TPSA) is 72.5 Å². The molecular weight excluding hydrogens is 443 g/mol. The molecule has 0 amide bonds. The highest BCUT2D eigenvalue weighted by Gasteiger charge is 2.25. The van der Waals surface area contributed by atoms with Crippen LogP contribution in [-0.2, 0) is 0 Å². The number of benzene rings is 2. The van der Waals surface area contributed by atoms with E-state index < -0.39 is 0 Å². The Kier molecular flexibility index (Phi) is 9.66. The Labute approximate surface area is 198 Å². The minimum absolute atomic E-state index is 0.0217. The van der Waals surface area contributed by atoms with Crippen LogP contribution in [0.2, 0.25) is 0 Å². The van der Waals surface area contributed by atoms with Gasteiger partial charge in [0.1, 0.15) is 40.1 Å². The molecule has 2 aromatic carbocycles. The minimum Gasteiger partial charge on any atom is -0.496 e. The van der Waals surface area contributed by atoms with E-state index in [0.717, 1.165) is 0 Å². The molecule has 0 aromatic heterocycles. The van der Waals surface area contributed by atoms with Crippen molar-refractivity contribution in [2.24, 2.45) is 0 Å². The maximum Gasteiger partial charge on any atom is 0.193 e. The Morgan fingerprint density at radius 2 is 1.06 bits per heavy atom. The summed E-state index contributed by atoms with van der Waals surface area (Å²) in [5.41, 5.74) is 0.165. The zero-order valence-electron chi connectivity index (χ0n) is 20.9. The lowest BCUT2D eigenvalue weighted by molar-refractivity contribution is 0.108. The molecule has 0 aliphatic rings. The summed E-state index contributed by atoms with van der Waals surface area (Å²) in [4.78, 5) is 13.6. The van der Waals surface area contributed by atoms with E-state index in [9.17, 15) is 4.79 Å². The van der Waals surface area contributed by atoms with E-state index in [4.69, 9.17) is 28.4 Å². The van der Waals surface area contributed by atoms with E-state index >= 15 is 0 Å². The first-order chi connectivity index (χ1) is 15.6. The van der Waals surface area contributed by atoms with Crippen molar-refractivity contribution >= 4 is 19.4 Å². The van der Waals surface area contributed by atoms with Crippen molar-refractivity contribution in [2.75, 3.05) is 21.3 Å². The van der Waals surface area contributed by atoms with Gasteiger partial charge in [-0.25, -0.2) is 0 Å². The number of carbonyl (C=O) groups excluding carboxylic acids is 1. The summed E-state index contributed by atoms with van der Waals surface area (Å²) in [5, 5.41) is 0.665. The van der Waals surface area contributed by atoms with E-state index in [1.807, 2.05) is 53.7 Å². The van der Waals surface area contributed by atoms with Gasteiger partial charge in [-0.2, -0.15) is 0 Å². The van der Waals surface area contributed by atoms with Gasteiger partial charge in [0, 0.05) is 24.3 Å². The molecule has 0 radical (unpaired) electrons. The number of rotatable bonds is 12. The smallest absolute Gasteiger partial charge is 0.193 e. The minimum atomic E-state index is -0.304. The molecule has 2 rings (SSSR count). The van der Waals surface area contributed by atoms with Crippen LogP contribution in [0.1, 0.15) is 51.9 Å². The monoisotopic (exact) mass is 478 g/mol. The van der Waals surface area contributed by atoms with Gasteiger partial charge < -0.3 is 28.4 Å². The lowest BCUT2D eigenvalue weighted by Gasteiger charge is -2.22. The highest BCUT2D eigenvalue weighted by molar-refractivity contribution is 7.66. The first-order valence-corrected chi connectivity index (χ1v) is 11.9. The Morgan fingerprint density at radius 1 is 0.636 bits per heavy atom. The lowest BCUT2D eigenvalue weighted by Crippen LogP contribution is -2.19. The Balaban J connectivity index is 2.62. The third kappa shape index (κ3) is 7.16. The number of ether oxygens (including phenoxy) is 6. The van der Waals surface area contributed by atoms with Crippen LogP contribution in [0.3, 0.4) is 0 Å². The van der Waals surface area contributed by atoms with Gasteiger partial charge in [-0.1, -0.05) is 0 Å². The molecule has 0 aliphatic carbocycles. The molecule has 8 heteroatoms. The summed E-state index contributed by atoms with van der Waals surface area (Å²) in [6.45, 7) is 11.6. The van der Waals surface area contributed by atoms with Crippen LogP contribution >= 0.6 is 8.58 Å². The molecule has 0 bridgehead atoms. The molecule has 1 atom stereocenters. The van der Waals surface area contributed by atoms with Crippen LogP contribution < -0.4 is 33.7 Å². The average molecular weight is 479 g/mol. The maximum absolute atomic E-state index is 13.6. The standard InChI is InChI=1S/C25H35O7P/c1-14(2)30-18-12-21(31-15(3)4)24(22(13-18)32-16(5)6)33-25(26)23-19(28-8)10-17(27-7)11-20(23)29-9/h10-16,33H,1-9H3. The second-order valence-electron chi connectivity index (χ2n) is 8.16. The second kappa shape index (κ2) is 12.0. The molecule has 182 valence electrons. The summed E-state index contributed by atoms with van der Waals surface area (Å²) in [7, 11) is 4.25. The van der Waals surface area contributed by atoms with Crippen LogP contribution in [0.15, 0.2) is 24.3 Å². The number of methoxy groups -OCH3 is 3. The van der Waals surface area contributed by atoms with Crippen molar-refractivity contribution < 1.29 is 33.2 Å². The van der Waals surface area contributed by atoms with Gasteiger partial charge in [0.05, 0.1) is 44.9 Å². The van der Waals surface area contributed by atoms with Crippen LogP contribution in [0.25, 0.3) is 0 Å². The fraction of sp³-hybridized carbons (Fsp3) is 0.480. The molecule has 0 saturated carbocycles. The maximum atomic E-state index is 13.6. The molecular formula is C25H35O7P. The van der Waals surface area contributed by atoms with Crippen LogP contribution in [0.5, 0.6) is 34.5 Å². The molecule has 0 fully saturated rings.